The van der Waals surface area contributed by atoms with Crippen LogP contribution in [0.2, 0.25) is 18.1 Å². The molecule has 0 saturated carbocycles. The largest absolute Gasteiger partial charge is 0.476 e. The second kappa shape index (κ2) is 8.84. The second-order valence-electron chi connectivity index (χ2n) is 7.34. The van der Waals surface area contributed by atoms with E-state index in [4.69, 9.17) is 9.26 Å². The minimum absolute atomic E-state index is 0.0381. The van der Waals surface area contributed by atoms with E-state index in [-0.39, 0.29) is 17.4 Å². The van der Waals surface area contributed by atoms with Gasteiger partial charge in [-0.25, -0.2) is 4.79 Å². The molecule has 0 saturated heterocycles. The van der Waals surface area contributed by atoms with Crippen LogP contribution in [0, 0.1) is 0 Å². The van der Waals surface area contributed by atoms with Gasteiger partial charge in [0.1, 0.15) is 13.7 Å². The molecule has 8 heteroatoms. The lowest BCUT2D eigenvalue weighted by Crippen LogP contribution is -2.39. The number of carboxylic acid groups (broad SMARTS) is 1. The Kier molecular flexibility index (Phi) is 7.37. The maximum atomic E-state index is 11.4. The van der Waals surface area contributed by atoms with E-state index < -0.39 is 14.3 Å². The molecule has 0 spiro atoms. The molecule has 0 radical (unpaired) electrons. The van der Waals surface area contributed by atoms with Crippen LogP contribution in [0.15, 0.2) is 34.6 Å². The zero-order chi connectivity index (χ0) is 20.0. The highest BCUT2D eigenvalue weighted by Gasteiger charge is 2.40. The van der Waals surface area contributed by atoms with Crippen molar-refractivity contribution in [2.45, 2.75) is 52.4 Å². The Hall–Kier alpha value is -2.35. The molecule has 0 aromatic heterocycles. The van der Waals surface area contributed by atoms with Gasteiger partial charge in [0, 0.05) is 12.5 Å². The Morgan fingerprint density at radius 2 is 1.81 bits per heavy atom. The average Bonchev–Trinajstić information content (AvgIpc) is 2.55. The molecule has 1 rings (SSSR count). The number of nitrogens with zero attached hydrogens (tertiary/aromatic N) is 2. The molecule has 7 nitrogen and oxygen atoms in total. The number of ether oxygens (including phenoxy) is 1. The van der Waals surface area contributed by atoms with Crippen LogP contribution in [0.5, 0.6) is 0 Å². The van der Waals surface area contributed by atoms with Gasteiger partial charge in [-0.1, -0.05) is 55.3 Å². The molecule has 0 bridgehead atoms. The molecule has 0 heterocycles. The highest BCUT2D eigenvalue weighted by atomic mass is 28.4. The molecule has 0 amide bonds. The molecule has 1 aromatic rings. The highest BCUT2D eigenvalue weighted by molar-refractivity contribution is 6.74. The number of carbonyl (C=O) groups is 1. The average molecular weight is 381 g/mol. The van der Waals surface area contributed by atoms with E-state index >= 15 is 0 Å². The van der Waals surface area contributed by atoms with Gasteiger partial charge < -0.3 is 19.2 Å². The summed E-state index contributed by atoms with van der Waals surface area (Å²) in [6.45, 7) is 12.4. The summed E-state index contributed by atoms with van der Waals surface area (Å²) in [4.78, 5) is 16.0. The van der Waals surface area contributed by atoms with Gasteiger partial charge in [-0.2, -0.15) is 0 Å². The summed E-state index contributed by atoms with van der Waals surface area (Å²) >= 11 is 0. The monoisotopic (exact) mass is 380 g/mol. The second-order valence-corrected chi connectivity index (χ2v) is 12.0. The van der Waals surface area contributed by atoms with E-state index in [0.29, 0.717) is 17.0 Å². The third-order valence-electron chi connectivity index (χ3n) is 4.30. The third kappa shape index (κ3) is 5.87. The number of carboxylic acids is 1. The van der Waals surface area contributed by atoms with Gasteiger partial charge in [0.15, 0.2) is 5.71 Å². The van der Waals surface area contributed by atoms with Crippen LogP contribution in [0.3, 0.4) is 0 Å². The van der Waals surface area contributed by atoms with Crippen molar-refractivity contribution < 1.29 is 24.0 Å². The van der Waals surface area contributed by atoms with E-state index in [1.54, 1.807) is 31.2 Å². The van der Waals surface area contributed by atoms with Gasteiger partial charge in [-0.05, 0) is 23.7 Å². The minimum Gasteiger partial charge on any atom is -0.476 e. The van der Waals surface area contributed by atoms with Crippen LogP contribution in [-0.4, -0.2) is 38.1 Å². The topological polar surface area (TPSA) is 89.7 Å². The predicted molar refractivity (Wildman–Crippen MR) is 104 cm³/mol. The van der Waals surface area contributed by atoms with Crippen LogP contribution >= 0.6 is 0 Å². The van der Waals surface area contributed by atoms with Gasteiger partial charge in [0.25, 0.3) is 8.32 Å². The normalized spacial score (nSPS) is 13.3. The van der Waals surface area contributed by atoms with Crippen molar-refractivity contribution >= 4 is 25.9 Å². The van der Waals surface area contributed by atoms with E-state index in [1.807, 2.05) is 0 Å². The molecular weight excluding hydrogens is 352 g/mol. The van der Waals surface area contributed by atoms with Crippen molar-refractivity contribution in [2.24, 2.45) is 10.3 Å². The van der Waals surface area contributed by atoms with Crippen LogP contribution < -0.4 is 0 Å². The fourth-order valence-electron chi connectivity index (χ4n) is 1.70. The molecule has 26 heavy (non-hydrogen) atoms. The molecule has 144 valence electrons. The Morgan fingerprint density at radius 3 is 2.35 bits per heavy atom. The van der Waals surface area contributed by atoms with E-state index in [2.05, 4.69) is 49.0 Å². The quantitative estimate of drug-likeness (QED) is 0.334. The van der Waals surface area contributed by atoms with Crippen molar-refractivity contribution in [3.8, 4) is 0 Å². The molecule has 0 aliphatic carbocycles. The number of hydrogen-bond donors (Lipinski definition) is 1. The highest BCUT2D eigenvalue weighted by Crippen LogP contribution is 2.36. The summed E-state index contributed by atoms with van der Waals surface area (Å²) in [5.74, 6) is -0.795. The van der Waals surface area contributed by atoms with Crippen molar-refractivity contribution in [3.05, 3.63) is 35.4 Å². The molecule has 0 aliphatic rings. The summed E-state index contributed by atoms with van der Waals surface area (Å²) in [6, 6.07) is 6.95. The van der Waals surface area contributed by atoms with Gasteiger partial charge in [-0.3, -0.25) is 0 Å². The smallest absolute Gasteiger partial charge is 0.358 e. The Bertz CT molecular complexity index is 693. The van der Waals surface area contributed by atoms with Crippen molar-refractivity contribution in [1.82, 2.24) is 0 Å². The van der Waals surface area contributed by atoms with Gasteiger partial charge in [0.05, 0.1) is 0 Å². The summed E-state index contributed by atoms with van der Waals surface area (Å²) < 4.78 is 11.4. The SMILES string of the molecule is CO/N=C(/C(=O)O)c1ccccc1CO/C(C)=N/O[Si](C)(C)C(C)(C)C. The zero-order valence-corrected chi connectivity index (χ0v) is 17.5. The Morgan fingerprint density at radius 1 is 1.19 bits per heavy atom. The number of oxime groups is 2. The van der Waals surface area contributed by atoms with E-state index in [0.717, 1.165) is 0 Å². The fourth-order valence-corrected chi connectivity index (χ4v) is 2.33. The third-order valence-corrected chi connectivity index (χ3v) is 8.46. The first-order valence-electron chi connectivity index (χ1n) is 8.28. The Labute approximate surface area is 155 Å². The summed E-state index contributed by atoms with van der Waals surface area (Å²) in [5, 5.41) is 17.1. The Balaban J connectivity index is 2.90. The predicted octanol–water partition coefficient (Wildman–Crippen LogP) is 3.99. The molecule has 0 aliphatic heterocycles. The number of aliphatic carboxylic acids is 1. The number of hydrogen-bond acceptors (Lipinski definition) is 6. The van der Waals surface area contributed by atoms with E-state index in [1.165, 1.54) is 7.11 Å². The molecule has 0 unspecified atom stereocenters. The zero-order valence-electron chi connectivity index (χ0n) is 16.5. The number of benzene rings is 1. The van der Waals surface area contributed by atoms with Crippen LogP contribution in [0.1, 0.15) is 38.8 Å². The summed E-state index contributed by atoms with van der Waals surface area (Å²) in [7, 11) is -0.709. The van der Waals surface area contributed by atoms with E-state index in [9.17, 15) is 9.90 Å². The van der Waals surface area contributed by atoms with Crippen molar-refractivity contribution in [2.75, 3.05) is 7.11 Å². The molecular formula is C18H28N2O5Si. The van der Waals surface area contributed by atoms with Crippen molar-refractivity contribution in [1.29, 1.82) is 0 Å². The van der Waals surface area contributed by atoms with Gasteiger partial charge >= 0.3 is 5.97 Å². The maximum absolute atomic E-state index is 11.4. The molecule has 0 atom stereocenters. The maximum Gasteiger partial charge on any atom is 0.358 e. The minimum atomic E-state index is -2.01. The molecule has 1 aromatic carbocycles. The first-order valence-corrected chi connectivity index (χ1v) is 11.2. The van der Waals surface area contributed by atoms with Crippen molar-refractivity contribution in [3.63, 3.8) is 0 Å². The fraction of sp³-hybridized carbons (Fsp3) is 0.500. The number of rotatable bonds is 7. The van der Waals surface area contributed by atoms with Crippen LogP contribution in [0.25, 0.3) is 0 Å². The van der Waals surface area contributed by atoms with Gasteiger partial charge in [0.2, 0.25) is 5.90 Å². The van der Waals surface area contributed by atoms with Gasteiger partial charge in [-0.15, -0.1) is 0 Å². The first-order chi connectivity index (χ1) is 12.0. The lowest BCUT2D eigenvalue weighted by Gasteiger charge is -2.33. The summed E-state index contributed by atoms with van der Waals surface area (Å²) in [5.41, 5.74) is 0.909. The van der Waals surface area contributed by atoms with Crippen LogP contribution in [-0.2, 0) is 25.5 Å². The summed E-state index contributed by atoms with van der Waals surface area (Å²) in [6.07, 6.45) is 0. The standard InChI is InChI=1S/C18H28N2O5Si/c1-13(19-25-26(6,7)18(2,3)4)24-12-14-10-8-9-11-15(14)16(17(21)22)20-23-5/h8-11H,12H2,1-7H3,(H,21,22)/b19-13+,20-16+. The lowest BCUT2D eigenvalue weighted by molar-refractivity contribution is -0.129. The lowest BCUT2D eigenvalue weighted by atomic mass is 10.0. The van der Waals surface area contributed by atoms with Crippen LogP contribution in [0.4, 0.5) is 0 Å². The molecule has 0 fully saturated rings. The molecule has 1 N–H and O–H groups in total. The first kappa shape index (κ1) is 21.7.